The second-order valence-corrected chi connectivity index (χ2v) is 7.61. The van der Waals surface area contributed by atoms with Crippen LogP contribution in [-0.2, 0) is 5.75 Å². The van der Waals surface area contributed by atoms with Gasteiger partial charge in [-0.05, 0) is 36.4 Å². The Balaban J connectivity index is 1.57. The van der Waals surface area contributed by atoms with E-state index in [1.165, 1.54) is 33.0 Å². The SMILES string of the molecule is COc1ccc(-n2c(SCc3cc(=O)n4ccccc4n3)nc3[nH]ncc3c2=O)cc1. The van der Waals surface area contributed by atoms with Crippen LogP contribution in [0.4, 0.5) is 0 Å². The molecule has 10 heteroatoms. The molecule has 0 atom stereocenters. The maximum absolute atomic E-state index is 13.2. The van der Waals surface area contributed by atoms with Gasteiger partial charge in [0.1, 0.15) is 16.8 Å². The van der Waals surface area contributed by atoms with Crippen LogP contribution in [0.15, 0.2) is 75.7 Å². The van der Waals surface area contributed by atoms with Crippen LogP contribution in [0.1, 0.15) is 5.69 Å². The summed E-state index contributed by atoms with van der Waals surface area (Å²) in [6, 6.07) is 14.0. The molecule has 0 aliphatic heterocycles. The predicted molar refractivity (Wildman–Crippen MR) is 117 cm³/mol. The fraction of sp³-hybridized carbons (Fsp3) is 0.0952. The van der Waals surface area contributed by atoms with Gasteiger partial charge in [0.05, 0.1) is 24.7 Å². The van der Waals surface area contributed by atoms with Gasteiger partial charge in [0.25, 0.3) is 11.1 Å². The van der Waals surface area contributed by atoms with Gasteiger partial charge in [-0.1, -0.05) is 17.8 Å². The van der Waals surface area contributed by atoms with Gasteiger partial charge < -0.3 is 4.74 Å². The Hall–Kier alpha value is -3.92. The van der Waals surface area contributed by atoms with Gasteiger partial charge in [0.15, 0.2) is 10.8 Å². The van der Waals surface area contributed by atoms with Crippen LogP contribution in [0.3, 0.4) is 0 Å². The number of benzene rings is 1. The van der Waals surface area contributed by atoms with E-state index in [0.29, 0.717) is 44.7 Å². The van der Waals surface area contributed by atoms with Gasteiger partial charge in [0.2, 0.25) is 0 Å². The summed E-state index contributed by atoms with van der Waals surface area (Å²) in [5.41, 5.74) is 1.82. The van der Waals surface area contributed by atoms with E-state index >= 15 is 0 Å². The molecular weight excluding hydrogens is 416 g/mol. The van der Waals surface area contributed by atoms with Crippen molar-refractivity contribution in [1.29, 1.82) is 0 Å². The highest BCUT2D eigenvalue weighted by Gasteiger charge is 2.15. The third-order valence-electron chi connectivity index (χ3n) is 4.76. The van der Waals surface area contributed by atoms with Gasteiger partial charge in [-0.25, -0.2) is 9.97 Å². The lowest BCUT2D eigenvalue weighted by atomic mass is 10.3. The molecule has 1 N–H and O–H groups in total. The summed E-state index contributed by atoms with van der Waals surface area (Å²) in [6.07, 6.45) is 3.14. The third kappa shape index (κ3) is 3.46. The van der Waals surface area contributed by atoms with E-state index in [9.17, 15) is 9.59 Å². The molecule has 0 radical (unpaired) electrons. The molecular formula is C21H16N6O3S. The lowest BCUT2D eigenvalue weighted by Gasteiger charge is -2.12. The van der Waals surface area contributed by atoms with Crippen LogP contribution >= 0.6 is 11.8 Å². The number of fused-ring (bicyclic) bond motifs is 2. The van der Waals surface area contributed by atoms with Gasteiger partial charge in [-0.3, -0.25) is 23.7 Å². The molecule has 154 valence electrons. The Morgan fingerprint density at radius 1 is 1.10 bits per heavy atom. The average molecular weight is 432 g/mol. The van der Waals surface area contributed by atoms with Crippen molar-refractivity contribution in [3.8, 4) is 11.4 Å². The zero-order chi connectivity index (χ0) is 21.4. The second kappa shape index (κ2) is 7.73. The maximum atomic E-state index is 13.2. The van der Waals surface area contributed by atoms with Crippen molar-refractivity contribution in [1.82, 2.24) is 29.1 Å². The topological polar surface area (TPSA) is 107 Å². The standard InChI is InChI=1S/C21H16N6O3S/c1-30-15-7-5-14(6-8-15)27-20(29)16-11-22-25-19(16)24-21(27)31-12-13-10-18(28)26-9-3-2-4-17(26)23-13/h2-11H,12H2,1H3,(H,22,25). The maximum Gasteiger partial charge on any atom is 0.269 e. The number of nitrogens with one attached hydrogen (secondary N) is 1. The van der Waals surface area contributed by atoms with E-state index in [1.54, 1.807) is 49.7 Å². The van der Waals surface area contributed by atoms with Crippen molar-refractivity contribution in [2.24, 2.45) is 0 Å². The number of hydrogen-bond acceptors (Lipinski definition) is 7. The van der Waals surface area contributed by atoms with Crippen LogP contribution in [0, 0.1) is 0 Å². The number of nitrogens with zero attached hydrogens (tertiary/aromatic N) is 5. The number of H-pyrrole nitrogens is 1. The Labute approximate surface area is 179 Å². The van der Waals surface area contributed by atoms with Gasteiger partial charge in [-0.2, -0.15) is 5.10 Å². The molecule has 1 aromatic carbocycles. The highest BCUT2D eigenvalue weighted by atomic mass is 32.2. The van der Waals surface area contributed by atoms with Crippen molar-refractivity contribution in [3.63, 3.8) is 0 Å². The van der Waals surface area contributed by atoms with Crippen molar-refractivity contribution in [2.45, 2.75) is 10.9 Å². The molecule has 31 heavy (non-hydrogen) atoms. The Morgan fingerprint density at radius 2 is 1.94 bits per heavy atom. The highest BCUT2D eigenvalue weighted by Crippen LogP contribution is 2.24. The molecule has 0 spiro atoms. The molecule has 0 amide bonds. The average Bonchev–Trinajstić information content (AvgIpc) is 3.27. The molecule has 4 aromatic heterocycles. The molecule has 5 rings (SSSR count). The Morgan fingerprint density at radius 3 is 2.74 bits per heavy atom. The van der Waals surface area contributed by atoms with Crippen LogP contribution in [0.25, 0.3) is 22.4 Å². The summed E-state index contributed by atoms with van der Waals surface area (Å²) in [4.78, 5) is 34.6. The molecule has 0 aliphatic carbocycles. The highest BCUT2D eigenvalue weighted by molar-refractivity contribution is 7.98. The van der Waals surface area contributed by atoms with Gasteiger partial charge in [-0.15, -0.1) is 0 Å². The monoisotopic (exact) mass is 432 g/mol. The molecule has 0 saturated carbocycles. The number of thioether (sulfide) groups is 1. The fourth-order valence-corrected chi connectivity index (χ4v) is 4.14. The van der Waals surface area contributed by atoms with Crippen LogP contribution in [-0.4, -0.2) is 36.2 Å². The molecule has 0 bridgehead atoms. The second-order valence-electron chi connectivity index (χ2n) is 6.67. The molecule has 0 unspecified atom stereocenters. The molecule has 9 nitrogen and oxygen atoms in total. The minimum Gasteiger partial charge on any atom is -0.497 e. The number of ether oxygens (including phenoxy) is 1. The summed E-state index contributed by atoms with van der Waals surface area (Å²) in [7, 11) is 1.58. The van der Waals surface area contributed by atoms with Crippen molar-refractivity contribution in [2.75, 3.05) is 7.11 Å². The van der Waals surface area contributed by atoms with Gasteiger partial charge in [0, 0.05) is 18.0 Å². The van der Waals surface area contributed by atoms with E-state index < -0.39 is 0 Å². The van der Waals surface area contributed by atoms with Crippen LogP contribution in [0.2, 0.25) is 0 Å². The van der Waals surface area contributed by atoms with E-state index in [4.69, 9.17) is 4.74 Å². The number of methoxy groups -OCH3 is 1. The smallest absolute Gasteiger partial charge is 0.269 e. The first kappa shape index (κ1) is 19.1. The largest absolute Gasteiger partial charge is 0.497 e. The van der Waals surface area contributed by atoms with Gasteiger partial charge >= 0.3 is 0 Å². The number of rotatable bonds is 5. The van der Waals surface area contributed by atoms with Crippen molar-refractivity contribution >= 4 is 28.4 Å². The molecule has 5 aromatic rings. The lowest BCUT2D eigenvalue weighted by molar-refractivity contribution is 0.414. The molecule has 0 fully saturated rings. The minimum atomic E-state index is -0.238. The van der Waals surface area contributed by atoms with E-state index in [-0.39, 0.29) is 11.1 Å². The first-order chi connectivity index (χ1) is 15.1. The van der Waals surface area contributed by atoms with Crippen LogP contribution in [0.5, 0.6) is 5.75 Å². The summed E-state index contributed by atoms with van der Waals surface area (Å²) in [6.45, 7) is 0. The number of hydrogen-bond donors (Lipinski definition) is 1. The molecule has 0 aliphatic rings. The normalized spacial score (nSPS) is 11.3. The number of aromatic nitrogens is 6. The van der Waals surface area contributed by atoms with Crippen molar-refractivity contribution in [3.05, 3.63) is 87.3 Å². The van der Waals surface area contributed by atoms with E-state index in [0.717, 1.165) is 0 Å². The summed E-state index contributed by atoms with van der Waals surface area (Å²) >= 11 is 1.32. The molecule has 4 heterocycles. The van der Waals surface area contributed by atoms with Crippen LogP contribution < -0.4 is 15.9 Å². The zero-order valence-corrected chi connectivity index (χ0v) is 17.2. The summed E-state index contributed by atoms with van der Waals surface area (Å²) in [5, 5.41) is 7.55. The van der Waals surface area contributed by atoms with Crippen molar-refractivity contribution < 1.29 is 4.74 Å². The van der Waals surface area contributed by atoms with E-state index in [2.05, 4.69) is 20.2 Å². The lowest BCUT2D eigenvalue weighted by Crippen LogP contribution is -2.21. The first-order valence-corrected chi connectivity index (χ1v) is 10.3. The zero-order valence-electron chi connectivity index (χ0n) is 16.3. The Bertz CT molecular complexity index is 1520. The van der Waals surface area contributed by atoms with E-state index in [1.807, 2.05) is 6.07 Å². The predicted octanol–water partition coefficient (Wildman–Crippen LogP) is 2.42. The molecule has 0 saturated heterocycles. The number of pyridine rings is 1. The Kier molecular flexibility index (Phi) is 4.75. The fourth-order valence-electron chi connectivity index (χ4n) is 3.25. The minimum absolute atomic E-state index is 0.161. The number of aromatic amines is 1. The summed E-state index contributed by atoms with van der Waals surface area (Å²) < 4.78 is 8.22. The quantitative estimate of drug-likeness (QED) is 0.336. The summed E-state index contributed by atoms with van der Waals surface area (Å²) in [5.74, 6) is 1.05. The third-order valence-corrected chi connectivity index (χ3v) is 5.73. The first-order valence-electron chi connectivity index (χ1n) is 9.35.